The van der Waals surface area contributed by atoms with Crippen LogP contribution in [0.15, 0.2) is 15.9 Å². The number of esters is 1. The Hall–Kier alpha value is -0.680. The van der Waals surface area contributed by atoms with Crippen LogP contribution in [0.1, 0.15) is 29.4 Å². The van der Waals surface area contributed by atoms with Crippen LogP contribution < -0.4 is 0 Å². The molecule has 15 heavy (non-hydrogen) atoms. The fourth-order valence-corrected chi connectivity index (χ4v) is 2.43. The second-order valence-corrected chi connectivity index (χ2v) is 4.68. The first-order chi connectivity index (χ1) is 7.13. The molecule has 0 bridgehead atoms. The molecule has 0 unspecified atom stereocenters. The molecule has 0 fully saturated rings. The Bertz CT molecular complexity index is 359. The number of carbonyl (C=O) groups excluding carboxylic acids is 2. The van der Waals surface area contributed by atoms with Gasteiger partial charge in [-0.25, -0.2) is 0 Å². The van der Waals surface area contributed by atoms with E-state index in [0.717, 1.165) is 4.47 Å². The molecule has 1 rings (SSSR count). The van der Waals surface area contributed by atoms with Gasteiger partial charge in [0.2, 0.25) is 0 Å². The van der Waals surface area contributed by atoms with E-state index in [1.807, 2.05) is 5.38 Å². The number of rotatable bonds is 5. The maximum absolute atomic E-state index is 11.5. The summed E-state index contributed by atoms with van der Waals surface area (Å²) in [6.07, 6.45) is 0.369. The van der Waals surface area contributed by atoms with Crippen LogP contribution in [-0.4, -0.2) is 18.4 Å². The minimum absolute atomic E-state index is 0.0150. The van der Waals surface area contributed by atoms with E-state index >= 15 is 0 Å². The third-order valence-electron chi connectivity index (χ3n) is 1.70. The fourth-order valence-electron chi connectivity index (χ4n) is 1.03. The molecule has 5 heteroatoms. The summed E-state index contributed by atoms with van der Waals surface area (Å²) in [6, 6.07) is 1.76. The maximum Gasteiger partial charge on any atom is 0.306 e. The number of thiophene rings is 1. The van der Waals surface area contributed by atoms with Gasteiger partial charge in [0.15, 0.2) is 5.78 Å². The molecule has 1 heterocycles. The van der Waals surface area contributed by atoms with Crippen molar-refractivity contribution in [3.63, 3.8) is 0 Å². The highest BCUT2D eigenvalue weighted by Gasteiger charge is 2.11. The van der Waals surface area contributed by atoms with Gasteiger partial charge in [-0.2, -0.15) is 0 Å². The normalized spacial score (nSPS) is 10.0. The monoisotopic (exact) mass is 290 g/mol. The van der Waals surface area contributed by atoms with Gasteiger partial charge in [-0.1, -0.05) is 0 Å². The number of Topliss-reactive ketones (excluding diaryl/α,β-unsaturated/α-hetero) is 1. The van der Waals surface area contributed by atoms with Gasteiger partial charge in [0.25, 0.3) is 0 Å². The number of carbonyl (C=O) groups is 2. The second-order valence-electron chi connectivity index (χ2n) is 2.86. The topological polar surface area (TPSA) is 43.4 Å². The SMILES string of the molecule is CCOC(=O)CCC(=O)c1cc(Br)cs1. The summed E-state index contributed by atoms with van der Waals surface area (Å²) in [4.78, 5) is 23.2. The van der Waals surface area contributed by atoms with Gasteiger partial charge in [0.1, 0.15) is 0 Å². The van der Waals surface area contributed by atoms with E-state index in [0.29, 0.717) is 11.5 Å². The average Bonchev–Trinajstić information content (AvgIpc) is 2.62. The lowest BCUT2D eigenvalue weighted by Crippen LogP contribution is -2.07. The molecule has 0 saturated heterocycles. The maximum atomic E-state index is 11.5. The van der Waals surface area contributed by atoms with E-state index < -0.39 is 0 Å². The standard InChI is InChI=1S/C10H11BrO3S/c1-2-14-10(13)4-3-8(12)9-5-7(11)6-15-9/h5-6H,2-4H2,1H3. The zero-order valence-electron chi connectivity index (χ0n) is 8.29. The lowest BCUT2D eigenvalue weighted by atomic mass is 10.2. The van der Waals surface area contributed by atoms with Crippen LogP contribution in [0.4, 0.5) is 0 Å². The minimum Gasteiger partial charge on any atom is -0.466 e. The van der Waals surface area contributed by atoms with Crippen LogP contribution in [-0.2, 0) is 9.53 Å². The van der Waals surface area contributed by atoms with Crippen LogP contribution in [0.5, 0.6) is 0 Å². The Balaban J connectivity index is 2.40. The Morgan fingerprint density at radius 3 is 2.73 bits per heavy atom. The summed E-state index contributed by atoms with van der Waals surface area (Å²) in [5.41, 5.74) is 0. The highest BCUT2D eigenvalue weighted by molar-refractivity contribution is 9.10. The fraction of sp³-hybridized carbons (Fsp3) is 0.400. The minimum atomic E-state index is -0.318. The Morgan fingerprint density at radius 2 is 2.20 bits per heavy atom. The summed E-state index contributed by atoms with van der Waals surface area (Å²) in [6.45, 7) is 2.10. The molecule has 0 radical (unpaired) electrons. The van der Waals surface area contributed by atoms with Gasteiger partial charge in [-0.05, 0) is 28.9 Å². The van der Waals surface area contributed by atoms with Crippen molar-refractivity contribution >= 4 is 39.0 Å². The summed E-state index contributed by atoms with van der Waals surface area (Å²) >= 11 is 4.65. The molecule has 0 aliphatic carbocycles. The van der Waals surface area contributed by atoms with Gasteiger partial charge < -0.3 is 4.74 Å². The highest BCUT2D eigenvalue weighted by Crippen LogP contribution is 2.21. The van der Waals surface area contributed by atoms with Crippen molar-refractivity contribution in [1.29, 1.82) is 0 Å². The molecule has 1 aromatic rings. The van der Waals surface area contributed by atoms with Gasteiger partial charge in [0.05, 0.1) is 17.9 Å². The number of hydrogen-bond donors (Lipinski definition) is 0. The number of halogens is 1. The molecule has 0 aliphatic heterocycles. The lowest BCUT2D eigenvalue weighted by Gasteiger charge is -1.99. The Kier molecular flexibility index (Phi) is 4.98. The largest absolute Gasteiger partial charge is 0.466 e. The van der Waals surface area contributed by atoms with Crippen molar-refractivity contribution in [1.82, 2.24) is 0 Å². The van der Waals surface area contributed by atoms with E-state index in [1.54, 1.807) is 13.0 Å². The Morgan fingerprint density at radius 1 is 1.47 bits per heavy atom. The van der Waals surface area contributed by atoms with Crippen LogP contribution in [0, 0.1) is 0 Å². The van der Waals surface area contributed by atoms with Gasteiger partial charge >= 0.3 is 5.97 Å². The molecule has 3 nitrogen and oxygen atoms in total. The first-order valence-electron chi connectivity index (χ1n) is 4.56. The van der Waals surface area contributed by atoms with Crippen molar-refractivity contribution in [2.45, 2.75) is 19.8 Å². The van der Waals surface area contributed by atoms with Crippen molar-refractivity contribution in [3.8, 4) is 0 Å². The van der Waals surface area contributed by atoms with E-state index in [2.05, 4.69) is 15.9 Å². The molecule has 0 saturated carbocycles. The van der Waals surface area contributed by atoms with E-state index in [-0.39, 0.29) is 24.6 Å². The predicted molar refractivity (Wildman–Crippen MR) is 62.2 cm³/mol. The van der Waals surface area contributed by atoms with Crippen LogP contribution in [0.25, 0.3) is 0 Å². The van der Waals surface area contributed by atoms with E-state index in [1.165, 1.54) is 11.3 Å². The van der Waals surface area contributed by atoms with Crippen LogP contribution >= 0.6 is 27.3 Å². The summed E-state index contributed by atoms with van der Waals surface area (Å²) in [5, 5.41) is 1.84. The van der Waals surface area contributed by atoms with Crippen molar-refractivity contribution < 1.29 is 14.3 Å². The molecule has 0 amide bonds. The van der Waals surface area contributed by atoms with Crippen LogP contribution in [0.3, 0.4) is 0 Å². The summed E-state index contributed by atoms with van der Waals surface area (Å²) in [5.74, 6) is -0.333. The molecule has 0 aliphatic rings. The quantitative estimate of drug-likeness (QED) is 0.618. The third-order valence-corrected chi connectivity index (χ3v) is 3.44. The average molecular weight is 291 g/mol. The van der Waals surface area contributed by atoms with Crippen molar-refractivity contribution in [2.24, 2.45) is 0 Å². The van der Waals surface area contributed by atoms with Crippen molar-refractivity contribution in [2.75, 3.05) is 6.61 Å². The first kappa shape index (κ1) is 12.4. The Labute approximate surface area is 101 Å². The van der Waals surface area contributed by atoms with Gasteiger partial charge in [0, 0.05) is 16.3 Å². The molecule has 0 spiro atoms. The zero-order chi connectivity index (χ0) is 11.3. The molecule has 0 N–H and O–H groups in total. The molecule has 0 aromatic carbocycles. The molecular formula is C10H11BrO3S. The van der Waals surface area contributed by atoms with E-state index in [4.69, 9.17) is 4.74 Å². The smallest absolute Gasteiger partial charge is 0.306 e. The summed E-state index contributed by atoms with van der Waals surface area (Å²) < 4.78 is 5.63. The predicted octanol–water partition coefficient (Wildman–Crippen LogP) is 3.04. The third kappa shape index (κ3) is 4.13. The lowest BCUT2D eigenvalue weighted by molar-refractivity contribution is -0.143. The number of ketones is 1. The molecule has 1 aromatic heterocycles. The highest BCUT2D eigenvalue weighted by atomic mass is 79.9. The molecule has 0 atom stereocenters. The number of hydrogen-bond acceptors (Lipinski definition) is 4. The van der Waals surface area contributed by atoms with E-state index in [9.17, 15) is 9.59 Å². The number of ether oxygens (including phenoxy) is 1. The summed E-state index contributed by atoms with van der Waals surface area (Å²) in [7, 11) is 0. The molecular weight excluding hydrogens is 280 g/mol. The van der Waals surface area contributed by atoms with Crippen molar-refractivity contribution in [3.05, 3.63) is 20.8 Å². The van der Waals surface area contributed by atoms with Crippen LogP contribution in [0.2, 0.25) is 0 Å². The van der Waals surface area contributed by atoms with Gasteiger partial charge in [-0.15, -0.1) is 11.3 Å². The zero-order valence-corrected chi connectivity index (χ0v) is 10.7. The molecule has 82 valence electrons. The van der Waals surface area contributed by atoms with Gasteiger partial charge in [-0.3, -0.25) is 9.59 Å². The first-order valence-corrected chi connectivity index (χ1v) is 6.23. The second kappa shape index (κ2) is 6.02.